The average Bonchev–Trinajstić information content (AvgIpc) is 3.69. The van der Waals surface area contributed by atoms with Gasteiger partial charge in [-0.2, -0.15) is 0 Å². The minimum atomic E-state index is -0.676. The zero-order chi connectivity index (χ0) is 32.8. The Labute approximate surface area is 275 Å². The van der Waals surface area contributed by atoms with E-state index in [-0.39, 0.29) is 30.7 Å². The van der Waals surface area contributed by atoms with Crippen molar-refractivity contribution < 1.29 is 19.2 Å². The van der Waals surface area contributed by atoms with Crippen LogP contribution in [0.4, 0.5) is 11.4 Å². The normalized spacial score (nSPS) is 22.5. The van der Waals surface area contributed by atoms with Crippen LogP contribution in [0.1, 0.15) is 98.5 Å². The number of carbonyl (C=O) groups excluding carboxylic acids is 4. The van der Waals surface area contributed by atoms with Gasteiger partial charge in [0, 0.05) is 65.7 Å². The second kappa shape index (κ2) is 15.0. The Morgan fingerprint density at radius 1 is 0.915 bits per heavy atom. The maximum atomic E-state index is 13.0. The number of carbonyl (C=O) groups is 4. The highest BCUT2D eigenvalue weighted by Crippen LogP contribution is 2.32. The minimum absolute atomic E-state index is 0.0700. The van der Waals surface area contributed by atoms with Crippen molar-refractivity contribution in [2.75, 3.05) is 17.6 Å². The standard InChI is InChI=1S/C35H46N8O4/c36-24-12-10-23(11-13-24)30-22-43(41-40-30)26-16-14-25(15-17-26)37-20-5-3-1-2-4-9-32(44)38-29-8-6-7-27-28(29)21-42(35(27)47)31-18-19-33(45)39-34(31)46/h6-8,10-13,22,25-26,31,37,40-41H,1-5,9,14-21,36H2,(H,38,44)(H,39,45,46). The Morgan fingerprint density at radius 2 is 1.68 bits per heavy atom. The van der Waals surface area contributed by atoms with Crippen LogP contribution in [-0.4, -0.2) is 58.2 Å². The van der Waals surface area contributed by atoms with Gasteiger partial charge in [-0.1, -0.05) is 37.5 Å². The van der Waals surface area contributed by atoms with Gasteiger partial charge in [0.2, 0.25) is 17.7 Å². The fourth-order valence-corrected chi connectivity index (χ4v) is 7.06. The molecule has 1 unspecified atom stereocenters. The van der Waals surface area contributed by atoms with Crippen LogP contribution in [0.2, 0.25) is 0 Å². The molecule has 0 spiro atoms. The van der Waals surface area contributed by atoms with Crippen LogP contribution < -0.4 is 32.6 Å². The number of hydrogen-bond donors (Lipinski definition) is 6. The largest absolute Gasteiger partial charge is 0.399 e. The maximum absolute atomic E-state index is 13.0. The van der Waals surface area contributed by atoms with Crippen molar-refractivity contribution in [3.05, 3.63) is 65.4 Å². The molecule has 0 radical (unpaired) electrons. The number of unbranched alkanes of at least 4 members (excludes halogenated alkanes) is 4. The van der Waals surface area contributed by atoms with Gasteiger partial charge >= 0.3 is 0 Å². The number of hydrogen-bond acceptors (Lipinski definition) is 9. The van der Waals surface area contributed by atoms with Gasteiger partial charge in [-0.15, -0.1) is 5.53 Å². The lowest BCUT2D eigenvalue weighted by atomic mass is 9.91. The lowest BCUT2D eigenvalue weighted by molar-refractivity contribution is -0.137. The van der Waals surface area contributed by atoms with Crippen LogP contribution in [-0.2, 0) is 20.9 Å². The molecule has 2 aromatic rings. The number of benzene rings is 2. The molecule has 1 saturated heterocycles. The molecule has 3 aliphatic heterocycles. The lowest BCUT2D eigenvalue weighted by Crippen LogP contribution is -2.52. The number of nitrogens with two attached hydrogens (primary N) is 1. The third kappa shape index (κ3) is 7.94. The van der Waals surface area contributed by atoms with Crippen LogP contribution in [0, 0.1) is 0 Å². The summed E-state index contributed by atoms with van der Waals surface area (Å²) < 4.78 is 0. The van der Waals surface area contributed by atoms with Crippen molar-refractivity contribution in [3.63, 3.8) is 0 Å². The van der Waals surface area contributed by atoms with E-state index >= 15 is 0 Å². The second-order valence-corrected chi connectivity index (χ2v) is 13.1. The number of piperidine rings is 1. The van der Waals surface area contributed by atoms with E-state index in [2.05, 4.69) is 38.1 Å². The van der Waals surface area contributed by atoms with E-state index in [1.54, 1.807) is 18.2 Å². The highest BCUT2D eigenvalue weighted by atomic mass is 16.2. The summed E-state index contributed by atoms with van der Waals surface area (Å²) in [4.78, 5) is 51.1. The number of hydrazine groups is 2. The molecule has 47 heavy (non-hydrogen) atoms. The SMILES string of the molecule is Nc1ccc(C2=CN(C3CCC(NCCCCCCCC(=O)Nc4cccc5c4CN(C4CCC(=O)NC4=O)C5=O)CC3)NN2)cc1. The van der Waals surface area contributed by atoms with E-state index in [0.717, 1.165) is 86.8 Å². The van der Waals surface area contributed by atoms with E-state index in [4.69, 9.17) is 5.73 Å². The number of amides is 4. The van der Waals surface area contributed by atoms with E-state index in [0.29, 0.717) is 36.2 Å². The summed E-state index contributed by atoms with van der Waals surface area (Å²) in [5.74, 6) is -1.07. The van der Waals surface area contributed by atoms with Gasteiger partial charge in [0.1, 0.15) is 6.04 Å². The number of anilines is 2. The topological polar surface area (TPSA) is 161 Å². The number of rotatable bonds is 13. The van der Waals surface area contributed by atoms with Crippen LogP contribution in [0.15, 0.2) is 48.7 Å². The zero-order valence-electron chi connectivity index (χ0n) is 26.9. The second-order valence-electron chi connectivity index (χ2n) is 13.1. The smallest absolute Gasteiger partial charge is 0.255 e. The predicted molar refractivity (Wildman–Crippen MR) is 180 cm³/mol. The molecular weight excluding hydrogens is 596 g/mol. The highest BCUT2D eigenvalue weighted by Gasteiger charge is 2.40. The third-order valence-electron chi connectivity index (χ3n) is 9.77. The molecular formula is C35H46N8O4. The van der Waals surface area contributed by atoms with Crippen LogP contribution >= 0.6 is 0 Å². The molecule has 2 aromatic carbocycles. The molecule has 0 aromatic heterocycles. The number of imide groups is 1. The van der Waals surface area contributed by atoms with Crippen LogP contribution in [0.3, 0.4) is 0 Å². The van der Waals surface area contributed by atoms with Gasteiger partial charge < -0.3 is 26.7 Å². The summed E-state index contributed by atoms with van der Waals surface area (Å²) in [6.07, 6.45) is 12.9. The van der Waals surface area contributed by atoms with Gasteiger partial charge in [-0.3, -0.25) is 29.5 Å². The third-order valence-corrected chi connectivity index (χ3v) is 9.77. The fraction of sp³-hybridized carbons (Fsp3) is 0.486. The first-order chi connectivity index (χ1) is 22.9. The molecule has 1 atom stereocenters. The van der Waals surface area contributed by atoms with Crippen molar-refractivity contribution in [2.45, 2.75) is 102 Å². The number of nitrogen functional groups attached to an aromatic ring is 1. The monoisotopic (exact) mass is 642 g/mol. The first kappa shape index (κ1) is 32.5. The molecule has 4 amide bonds. The van der Waals surface area contributed by atoms with E-state index in [9.17, 15) is 19.2 Å². The summed E-state index contributed by atoms with van der Waals surface area (Å²) in [5, 5.41) is 11.3. The molecule has 3 heterocycles. The molecule has 6 rings (SSSR count). The zero-order valence-corrected chi connectivity index (χ0v) is 26.9. The number of nitrogens with one attached hydrogen (secondary N) is 5. The fourth-order valence-electron chi connectivity index (χ4n) is 7.06. The minimum Gasteiger partial charge on any atom is -0.399 e. The van der Waals surface area contributed by atoms with Crippen LogP contribution in [0.25, 0.3) is 5.70 Å². The van der Waals surface area contributed by atoms with Crippen molar-refractivity contribution >= 4 is 40.7 Å². The van der Waals surface area contributed by atoms with E-state index in [1.165, 1.54) is 4.90 Å². The molecule has 250 valence electrons. The molecule has 12 nitrogen and oxygen atoms in total. The Morgan fingerprint density at radius 3 is 2.47 bits per heavy atom. The molecule has 1 saturated carbocycles. The summed E-state index contributed by atoms with van der Waals surface area (Å²) in [6.45, 7) is 1.26. The molecule has 0 bridgehead atoms. The van der Waals surface area contributed by atoms with Gasteiger partial charge in [0.15, 0.2) is 0 Å². The molecule has 7 N–H and O–H groups in total. The van der Waals surface area contributed by atoms with Crippen molar-refractivity contribution in [1.29, 1.82) is 0 Å². The van der Waals surface area contributed by atoms with Gasteiger partial charge in [-0.25, -0.2) is 0 Å². The van der Waals surface area contributed by atoms with Crippen molar-refractivity contribution in [3.8, 4) is 0 Å². The molecule has 4 aliphatic rings. The molecule has 12 heteroatoms. The van der Waals surface area contributed by atoms with E-state index in [1.807, 2.05) is 24.3 Å². The Kier molecular flexibility index (Phi) is 10.4. The lowest BCUT2D eigenvalue weighted by Gasteiger charge is -2.34. The van der Waals surface area contributed by atoms with Gasteiger partial charge in [-0.05, 0) is 75.8 Å². The van der Waals surface area contributed by atoms with Crippen LogP contribution in [0.5, 0.6) is 0 Å². The summed E-state index contributed by atoms with van der Waals surface area (Å²) >= 11 is 0. The summed E-state index contributed by atoms with van der Waals surface area (Å²) in [6, 6.07) is 13.5. The maximum Gasteiger partial charge on any atom is 0.255 e. The Hall–Kier alpha value is -4.42. The molecule has 1 aliphatic carbocycles. The van der Waals surface area contributed by atoms with E-state index < -0.39 is 11.9 Å². The van der Waals surface area contributed by atoms with Gasteiger partial charge in [0.25, 0.3) is 5.91 Å². The first-order valence-electron chi connectivity index (χ1n) is 17.0. The first-order valence-corrected chi connectivity index (χ1v) is 17.0. The molecule has 2 fully saturated rings. The number of nitrogens with zero attached hydrogens (tertiary/aromatic N) is 2. The Balaban J connectivity index is 0.829. The van der Waals surface area contributed by atoms with Gasteiger partial charge in [0.05, 0.1) is 5.70 Å². The van der Waals surface area contributed by atoms with Crippen molar-refractivity contribution in [2.24, 2.45) is 0 Å². The Bertz CT molecular complexity index is 1500. The summed E-state index contributed by atoms with van der Waals surface area (Å²) in [7, 11) is 0. The van der Waals surface area contributed by atoms with Crippen molar-refractivity contribution in [1.82, 2.24) is 31.5 Å². The quantitative estimate of drug-likeness (QED) is 0.109. The summed E-state index contributed by atoms with van der Waals surface area (Å²) in [5.41, 5.74) is 17.2. The highest BCUT2D eigenvalue weighted by molar-refractivity contribution is 6.06. The average molecular weight is 643 g/mol. The predicted octanol–water partition coefficient (Wildman–Crippen LogP) is 3.53. The number of fused-ring (bicyclic) bond motifs is 1.